The monoisotopic (exact) mass is 422 g/mol. The second-order valence-electron chi connectivity index (χ2n) is 6.99. The van der Waals surface area contributed by atoms with Crippen LogP contribution in [0.4, 0.5) is 17.6 Å². The van der Waals surface area contributed by atoms with Crippen LogP contribution in [0.25, 0.3) is 0 Å². The summed E-state index contributed by atoms with van der Waals surface area (Å²) in [7, 11) is 0. The minimum atomic E-state index is -4.52. The fraction of sp³-hybridized carbons (Fsp3) is 0.391. The standard InChI is InChI=1S/C23H26F4N2O/c1-2-3-4-5-6-7-18-8-10-19(11-9-18)15-28-29-16-20-12-13-22(21(24)14-20)30-17-23(25,26)27/h8-16H,2-7,17H2,1H3/b28-15+,29-16+. The van der Waals surface area contributed by atoms with Gasteiger partial charge in [0.1, 0.15) is 0 Å². The fourth-order valence-electron chi connectivity index (χ4n) is 2.78. The summed E-state index contributed by atoms with van der Waals surface area (Å²) in [6.07, 6.45) is 5.70. The van der Waals surface area contributed by atoms with Crippen LogP contribution in [0.15, 0.2) is 52.7 Å². The normalized spacial score (nSPS) is 12.2. The molecule has 0 saturated carbocycles. The molecule has 0 heterocycles. The number of aryl methyl sites for hydroxylation is 1. The van der Waals surface area contributed by atoms with Crippen LogP contribution in [-0.2, 0) is 6.42 Å². The molecule has 0 aliphatic heterocycles. The molecule has 3 nitrogen and oxygen atoms in total. The number of hydrogen-bond donors (Lipinski definition) is 0. The highest BCUT2D eigenvalue weighted by atomic mass is 19.4. The number of nitrogens with zero attached hydrogens (tertiary/aromatic N) is 2. The second kappa shape index (κ2) is 12.1. The molecular formula is C23H26F4N2O. The van der Waals surface area contributed by atoms with Crippen LogP contribution in [0.3, 0.4) is 0 Å². The molecule has 0 fully saturated rings. The van der Waals surface area contributed by atoms with Gasteiger partial charge < -0.3 is 4.74 Å². The van der Waals surface area contributed by atoms with E-state index < -0.39 is 24.3 Å². The van der Waals surface area contributed by atoms with Crippen molar-refractivity contribution in [3.8, 4) is 5.75 Å². The molecule has 0 radical (unpaired) electrons. The van der Waals surface area contributed by atoms with E-state index in [2.05, 4.69) is 34.0 Å². The van der Waals surface area contributed by atoms with Gasteiger partial charge in [0.05, 0.1) is 12.4 Å². The molecule has 0 spiro atoms. The number of ether oxygens (including phenoxy) is 1. The van der Waals surface area contributed by atoms with E-state index in [0.717, 1.165) is 24.1 Å². The van der Waals surface area contributed by atoms with Crippen molar-refractivity contribution in [3.63, 3.8) is 0 Å². The van der Waals surface area contributed by atoms with Crippen molar-refractivity contribution in [2.75, 3.05) is 6.61 Å². The molecule has 0 aromatic heterocycles. The highest BCUT2D eigenvalue weighted by Gasteiger charge is 2.28. The number of alkyl halides is 3. The average Bonchev–Trinajstić information content (AvgIpc) is 2.71. The van der Waals surface area contributed by atoms with E-state index in [0.29, 0.717) is 5.56 Å². The fourth-order valence-corrected chi connectivity index (χ4v) is 2.78. The first-order valence-electron chi connectivity index (χ1n) is 10.0. The van der Waals surface area contributed by atoms with Gasteiger partial charge in [0.25, 0.3) is 0 Å². The van der Waals surface area contributed by atoms with Gasteiger partial charge >= 0.3 is 6.18 Å². The second-order valence-corrected chi connectivity index (χ2v) is 6.99. The summed E-state index contributed by atoms with van der Waals surface area (Å²) in [6, 6.07) is 11.6. The van der Waals surface area contributed by atoms with E-state index in [-0.39, 0.29) is 0 Å². The van der Waals surface area contributed by atoms with Gasteiger partial charge in [0.2, 0.25) is 0 Å². The van der Waals surface area contributed by atoms with Crippen LogP contribution in [0.2, 0.25) is 0 Å². The Morgan fingerprint density at radius 2 is 1.50 bits per heavy atom. The van der Waals surface area contributed by atoms with Gasteiger partial charge in [0.15, 0.2) is 18.2 Å². The third-order valence-electron chi connectivity index (χ3n) is 4.38. The summed E-state index contributed by atoms with van der Waals surface area (Å²) < 4.78 is 54.6. The first kappa shape index (κ1) is 23.6. The van der Waals surface area contributed by atoms with Crippen molar-refractivity contribution in [1.29, 1.82) is 0 Å². The van der Waals surface area contributed by atoms with E-state index in [1.807, 2.05) is 12.1 Å². The van der Waals surface area contributed by atoms with E-state index >= 15 is 0 Å². The van der Waals surface area contributed by atoms with Crippen molar-refractivity contribution in [3.05, 3.63) is 65.0 Å². The molecule has 2 aromatic carbocycles. The molecule has 0 bridgehead atoms. The number of rotatable bonds is 11. The third kappa shape index (κ3) is 9.20. The Kier molecular flexibility index (Phi) is 9.51. The number of halogens is 4. The molecule has 0 atom stereocenters. The summed E-state index contributed by atoms with van der Waals surface area (Å²) in [5.41, 5.74) is 2.54. The van der Waals surface area contributed by atoms with Crippen molar-refractivity contribution in [1.82, 2.24) is 0 Å². The predicted octanol–water partition coefficient (Wildman–Crippen LogP) is 6.73. The Morgan fingerprint density at radius 3 is 2.13 bits per heavy atom. The molecule has 162 valence electrons. The summed E-state index contributed by atoms with van der Waals surface area (Å²) in [5, 5.41) is 7.78. The van der Waals surface area contributed by atoms with E-state index in [1.54, 1.807) is 6.21 Å². The Balaban J connectivity index is 1.82. The van der Waals surface area contributed by atoms with Crippen molar-refractivity contribution < 1.29 is 22.3 Å². The van der Waals surface area contributed by atoms with Crippen molar-refractivity contribution in [2.45, 2.75) is 51.6 Å². The van der Waals surface area contributed by atoms with Crippen LogP contribution in [0.1, 0.15) is 55.7 Å². The maximum absolute atomic E-state index is 13.8. The quantitative estimate of drug-likeness (QED) is 0.171. The number of unbranched alkanes of at least 4 members (excludes halogenated alkanes) is 4. The molecule has 0 aliphatic rings. The summed E-state index contributed by atoms with van der Waals surface area (Å²) in [6.45, 7) is 0.662. The third-order valence-corrected chi connectivity index (χ3v) is 4.38. The molecule has 0 aliphatic carbocycles. The van der Waals surface area contributed by atoms with Gasteiger partial charge in [-0.1, -0.05) is 56.9 Å². The average molecular weight is 422 g/mol. The molecule has 7 heteroatoms. The minimum absolute atomic E-state index is 0.363. The molecule has 2 aromatic rings. The lowest BCUT2D eigenvalue weighted by atomic mass is 10.0. The van der Waals surface area contributed by atoms with Crippen molar-refractivity contribution in [2.24, 2.45) is 10.2 Å². The van der Waals surface area contributed by atoms with Gasteiger partial charge in [-0.3, -0.25) is 0 Å². The van der Waals surface area contributed by atoms with E-state index in [9.17, 15) is 17.6 Å². The molecule has 30 heavy (non-hydrogen) atoms. The maximum Gasteiger partial charge on any atom is 0.422 e. The van der Waals surface area contributed by atoms with Crippen LogP contribution in [0.5, 0.6) is 5.75 Å². The van der Waals surface area contributed by atoms with Crippen LogP contribution in [-0.4, -0.2) is 25.2 Å². The Morgan fingerprint density at radius 1 is 0.867 bits per heavy atom. The minimum Gasteiger partial charge on any atom is -0.481 e. The van der Waals surface area contributed by atoms with Crippen LogP contribution < -0.4 is 4.74 Å². The molecule has 0 saturated heterocycles. The summed E-state index contributed by atoms with van der Waals surface area (Å²) >= 11 is 0. The predicted molar refractivity (Wildman–Crippen MR) is 112 cm³/mol. The van der Waals surface area contributed by atoms with Gasteiger partial charge in [-0.05, 0) is 47.7 Å². The first-order valence-corrected chi connectivity index (χ1v) is 10.0. The smallest absolute Gasteiger partial charge is 0.422 e. The molecule has 0 unspecified atom stereocenters. The zero-order valence-electron chi connectivity index (χ0n) is 17.0. The molecule has 0 N–H and O–H groups in total. The molecule has 2 rings (SSSR count). The van der Waals surface area contributed by atoms with Gasteiger partial charge in [-0.15, -0.1) is 0 Å². The number of benzene rings is 2. The number of hydrogen-bond acceptors (Lipinski definition) is 3. The highest BCUT2D eigenvalue weighted by Crippen LogP contribution is 2.21. The lowest BCUT2D eigenvalue weighted by Crippen LogP contribution is -2.19. The lowest BCUT2D eigenvalue weighted by molar-refractivity contribution is -0.153. The van der Waals surface area contributed by atoms with Crippen LogP contribution in [0, 0.1) is 5.82 Å². The van der Waals surface area contributed by atoms with E-state index in [1.165, 1.54) is 49.9 Å². The largest absolute Gasteiger partial charge is 0.481 e. The lowest BCUT2D eigenvalue weighted by Gasteiger charge is -2.09. The maximum atomic E-state index is 13.8. The topological polar surface area (TPSA) is 34.0 Å². The van der Waals surface area contributed by atoms with E-state index in [4.69, 9.17) is 0 Å². The van der Waals surface area contributed by atoms with Gasteiger partial charge in [0, 0.05) is 0 Å². The van der Waals surface area contributed by atoms with Crippen LogP contribution >= 0.6 is 0 Å². The zero-order valence-corrected chi connectivity index (χ0v) is 17.0. The molecule has 0 amide bonds. The van der Waals surface area contributed by atoms with Crippen molar-refractivity contribution >= 4 is 12.4 Å². The Hall–Kier alpha value is -2.70. The zero-order chi connectivity index (χ0) is 21.8. The molecular weight excluding hydrogens is 396 g/mol. The Bertz CT molecular complexity index is 830. The Labute approximate surface area is 174 Å². The highest BCUT2D eigenvalue weighted by molar-refractivity contribution is 5.82. The summed E-state index contributed by atoms with van der Waals surface area (Å²) in [4.78, 5) is 0. The van der Waals surface area contributed by atoms with Gasteiger partial charge in [-0.25, -0.2) is 4.39 Å². The SMILES string of the molecule is CCCCCCCc1ccc(/C=N/N=C/c2ccc(OCC(F)(F)F)c(F)c2)cc1. The van der Waals surface area contributed by atoms with Gasteiger partial charge in [-0.2, -0.15) is 23.4 Å². The first-order chi connectivity index (χ1) is 14.4. The summed E-state index contributed by atoms with van der Waals surface area (Å²) in [5.74, 6) is -1.35.